The quantitative estimate of drug-likeness (QED) is 0.135. The van der Waals surface area contributed by atoms with Crippen LogP contribution in [0.2, 0.25) is 0 Å². The van der Waals surface area contributed by atoms with E-state index < -0.39 is 5.97 Å². The van der Waals surface area contributed by atoms with Crippen molar-refractivity contribution >= 4 is 11.9 Å². The summed E-state index contributed by atoms with van der Waals surface area (Å²) in [6, 6.07) is 29.8. The third-order valence-electron chi connectivity index (χ3n) is 6.39. The van der Waals surface area contributed by atoms with Crippen LogP contribution in [0.15, 0.2) is 125 Å². The maximum absolute atomic E-state index is 11.4. The average Bonchev–Trinajstić information content (AvgIpc) is 3.72. The lowest BCUT2D eigenvalue weighted by Gasteiger charge is -2.13. The topological polar surface area (TPSA) is 102 Å². The number of hydrogen-bond donors (Lipinski definition) is 1. The number of nitrogens with one attached hydrogen (secondary N) is 1. The second-order valence-corrected chi connectivity index (χ2v) is 9.14. The highest BCUT2D eigenvalue weighted by atomic mass is 16.5. The Morgan fingerprint density at radius 1 is 0.625 bits per heavy atom. The molecule has 0 atom stereocenters. The van der Waals surface area contributed by atoms with Crippen LogP contribution < -0.4 is 0 Å². The van der Waals surface area contributed by atoms with Crippen molar-refractivity contribution in [1.29, 1.82) is 5.41 Å². The van der Waals surface area contributed by atoms with Crippen molar-refractivity contribution in [3.05, 3.63) is 121 Å². The second-order valence-electron chi connectivity index (χ2n) is 9.14. The third-order valence-corrected chi connectivity index (χ3v) is 6.39. The molecule has 0 spiro atoms. The molecule has 0 fully saturated rings. The fraction of sp³-hybridized carbons (Fsp3) is 0.0303. The number of nitrogens with zero attached hydrogens (tertiary/aromatic N) is 2. The standard InChI is InChI=1S/C33H23N3O4/c1-21(37)40-31(34)25-8-2-5-22(15-25)28-18-29(23-6-3-9-26(16-23)32-35-11-13-38-32)20-30(19-28)24-7-4-10-27(17-24)33-36-12-14-39-33/h2-20,34H,1H3. The summed E-state index contributed by atoms with van der Waals surface area (Å²) in [5, 5.41) is 8.18. The molecule has 6 rings (SSSR count). The third kappa shape index (κ3) is 5.21. The summed E-state index contributed by atoms with van der Waals surface area (Å²) < 4.78 is 16.1. The molecular weight excluding hydrogens is 502 g/mol. The lowest BCUT2D eigenvalue weighted by atomic mass is 9.92. The Bertz CT molecular complexity index is 1730. The largest absolute Gasteiger partial charge is 0.445 e. The van der Waals surface area contributed by atoms with Gasteiger partial charge in [0, 0.05) is 23.6 Å². The molecule has 2 aromatic heterocycles. The van der Waals surface area contributed by atoms with E-state index in [0.717, 1.165) is 44.5 Å². The van der Waals surface area contributed by atoms with Gasteiger partial charge in [-0.2, -0.15) is 0 Å². The van der Waals surface area contributed by atoms with Crippen LogP contribution in [-0.2, 0) is 9.53 Å². The minimum absolute atomic E-state index is 0.192. The van der Waals surface area contributed by atoms with Crippen LogP contribution in [0.1, 0.15) is 12.5 Å². The first kappa shape index (κ1) is 24.8. The van der Waals surface area contributed by atoms with Crippen LogP contribution in [-0.4, -0.2) is 21.8 Å². The summed E-state index contributed by atoms with van der Waals surface area (Å²) in [6.07, 6.45) is 6.37. The van der Waals surface area contributed by atoms with Crippen LogP contribution in [0, 0.1) is 5.41 Å². The van der Waals surface area contributed by atoms with Gasteiger partial charge in [-0.05, 0) is 88.0 Å². The van der Waals surface area contributed by atoms with Crippen LogP contribution >= 0.6 is 0 Å². The van der Waals surface area contributed by atoms with E-state index in [2.05, 4.69) is 28.2 Å². The van der Waals surface area contributed by atoms with Gasteiger partial charge in [-0.1, -0.05) is 36.4 Å². The van der Waals surface area contributed by atoms with E-state index in [1.807, 2.05) is 66.7 Å². The van der Waals surface area contributed by atoms with Gasteiger partial charge in [-0.15, -0.1) is 0 Å². The molecule has 7 heteroatoms. The maximum atomic E-state index is 11.4. The van der Waals surface area contributed by atoms with Crippen LogP contribution in [0.4, 0.5) is 0 Å². The van der Waals surface area contributed by atoms with E-state index in [4.69, 9.17) is 19.0 Å². The molecule has 0 aliphatic rings. The Morgan fingerprint density at radius 2 is 1.05 bits per heavy atom. The highest BCUT2D eigenvalue weighted by Crippen LogP contribution is 2.35. The van der Waals surface area contributed by atoms with Gasteiger partial charge >= 0.3 is 5.97 Å². The maximum Gasteiger partial charge on any atom is 0.309 e. The van der Waals surface area contributed by atoms with E-state index in [1.165, 1.54) is 6.92 Å². The Labute approximate surface area is 230 Å². The van der Waals surface area contributed by atoms with Gasteiger partial charge in [0.25, 0.3) is 0 Å². The van der Waals surface area contributed by atoms with Gasteiger partial charge in [0.1, 0.15) is 12.5 Å². The molecule has 0 aliphatic carbocycles. The summed E-state index contributed by atoms with van der Waals surface area (Å²) >= 11 is 0. The van der Waals surface area contributed by atoms with E-state index in [9.17, 15) is 4.79 Å². The highest BCUT2D eigenvalue weighted by molar-refractivity contribution is 5.99. The molecule has 40 heavy (non-hydrogen) atoms. The molecular formula is C33H23N3O4. The van der Waals surface area contributed by atoms with E-state index in [1.54, 1.807) is 31.0 Å². The summed E-state index contributed by atoms with van der Waals surface area (Å²) in [5.74, 6) is 0.377. The molecule has 0 radical (unpaired) electrons. The fourth-order valence-electron chi connectivity index (χ4n) is 4.57. The molecule has 0 amide bonds. The zero-order valence-electron chi connectivity index (χ0n) is 21.5. The summed E-state index contributed by atoms with van der Waals surface area (Å²) in [7, 11) is 0. The minimum atomic E-state index is -0.531. The zero-order chi connectivity index (χ0) is 27.5. The molecule has 1 N–H and O–H groups in total. The summed E-state index contributed by atoms with van der Waals surface area (Å²) in [4.78, 5) is 20.0. The molecule has 6 aromatic rings. The van der Waals surface area contributed by atoms with Crippen molar-refractivity contribution in [3.63, 3.8) is 0 Å². The lowest BCUT2D eigenvalue weighted by molar-refractivity contribution is -0.133. The predicted octanol–water partition coefficient (Wildman–Crippen LogP) is 7.89. The molecule has 0 unspecified atom stereocenters. The van der Waals surface area contributed by atoms with Gasteiger partial charge in [-0.25, -0.2) is 9.97 Å². The number of benzene rings is 4. The lowest BCUT2D eigenvalue weighted by Crippen LogP contribution is -2.09. The van der Waals surface area contributed by atoms with Gasteiger partial charge < -0.3 is 13.6 Å². The van der Waals surface area contributed by atoms with Crippen LogP contribution in [0.25, 0.3) is 56.3 Å². The van der Waals surface area contributed by atoms with E-state index in [0.29, 0.717) is 17.3 Å². The number of carbonyl (C=O) groups excluding carboxylic acids is 1. The Morgan fingerprint density at radius 3 is 1.50 bits per heavy atom. The first-order chi connectivity index (χ1) is 19.5. The molecule has 0 bridgehead atoms. The number of oxazole rings is 2. The number of aromatic nitrogens is 2. The summed E-state index contributed by atoms with van der Waals surface area (Å²) in [5.41, 5.74) is 8.03. The zero-order valence-corrected chi connectivity index (χ0v) is 21.5. The summed E-state index contributed by atoms with van der Waals surface area (Å²) in [6.45, 7) is 1.28. The molecule has 0 saturated heterocycles. The molecule has 0 saturated carbocycles. The van der Waals surface area contributed by atoms with Crippen molar-refractivity contribution < 1.29 is 18.4 Å². The van der Waals surface area contributed by atoms with Gasteiger partial charge in [-0.3, -0.25) is 10.2 Å². The molecule has 4 aromatic carbocycles. The first-order valence-corrected chi connectivity index (χ1v) is 12.6. The number of rotatable bonds is 6. The van der Waals surface area contributed by atoms with Crippen LogP contribution in [0.3, 0.4) is 0 Å². The average molecular weight is 526 g/mol. The van der Waals surface area contributed by atoms with Crippen molar-refractivity contribution in [3.8, 4) is 56.3 Å². The van der Waals surface area contributed by atoms with Crippen molar-refractivity contribution in [2.24, 2.45) is 0 Å². The molecule has 0 aliphatic heterocycles. The molecule has 2 heterocycles. The van der Waals surface area contributed by atoms with E-state index >= 15 is 0 Å². The Hall–Kier alpha value is -5.56. The fourth-order valence-corrected chi connectivity index (χ4v) is 4.57. The van der Waals surface area contributed by atoms with Crippen molar-refractivity contribution in [2.75, 3.05) is 0 Å². The van der Waals surface area contributed by atoms with Gasteiger partial charge in [0.15, 0.2) is 0 Å². The minimum Gasteiger partial charge on any atom is -0.445 e. The van der Waals surface area contributed by atoms with E-state index in [-0.39, 0.29) is 5.90 Å². The number of hydrogen-bond acceptors (Lipinski definition) is 7. The van der Waals surface area contributed by atoms with Crippen LogP contribution in [0.5, 0.6) is 0 Å². The predicted molar refractivity (Wildman–Crippen MR) is 152 cm³/mol. The van der Waals surface area contributed by atoms with Gasteiger partial charge in [0.2, 0.25) is 17.7 Å². The van der Waals surface area contributed by atoms with Crippen molar-refractivity contribution in [1.82, 2.24) is 9.97 Å². The normalized spacial score (nSPS) is 10.8. The van der Waals surface area contributed by atoms with Gasteiger partial charge in [0.05, 0.1) is 12.4 Å². The monoisotopic (exact) mass is 525 g/mol. The number of esters is 1. The first-order valence-electron chi connectivity index (χ1n) is 12.6. The molecule has 194 valence electrons. The second kappa shape index (κ2) is 10.7. The Kier molecular flexibility index (Phi) is 6.60. The highest BCUT2D eigenvalue weighted by Gasteiger charge is 2.13. The Balaban J connectivity index is 1.49. The smallest absolute Gasteiger partial charge is 0.309 e. The number of carbonyl (C=O) groups is 1. The number of ether oxygens (including phenoxy) is 1. The van der Waals surface area contributed by atoms with Crippen molar-refractivity contribution in [2.45, 2.75) is 6.92 Å². The SMILES string of the molecule is CC(=O)OC(=N)c1cccc(-c2cc(-c3cccc(-c4ncco4)c3)cc(-c3cccc(-c4ncco4)c3)c2)c1. The molecule has 7 nitrogen and oxygen atoms in total.